The van der Waals surface area contributed by atoms with Crippen molar-refractivity contribution < 1.29 is 9.69 Å². The van der Waals surface area contributed by atoms with Crippen LogP contribution in [0, 0.1) is 6.92 Å². The normalized spacial score (nSPS) is 15.2. The van der Waals surface area contributed by atoms with E-state index in [-0.39, 0.29) is 11.6 Å². The lowest BCUT2D eigenvalue weighted by molar-refractivity contribution is -0.898. The quantitative estimate of drug-likeness (QED) is 0.865. The molecule has 6 nitrogen and oxygen atoms in total. The van der Waals surface area contributed by atoms with Crippen LogP contribution in [0.25, 0.3) is 0 Å². The second kappa shape index (κ2) is 7.80. The molecule has 1 aliphatic heterocycles. The molecule has 0 spiro atoms. The number of carbonyl (C=O) groups is 1. The van der Waals surface area contributed by atoms with Gasteiger partial charge in [-0.1, -0.05) is 11.6 Å². The number of aryl methyl sites for hydroxylation is 1. The number of aromatic nitrogens is 2. The monoisotopic (exact) mass is 360 g/mol. The Balaban J connectivity index is 1.79. The third-order valence-corrected chi connectivity index (χ3v) is 4.77. The first-order chi connectivity index (χ1) is 12.1. The molecule has 1 saturated heterocycles. The standard InChI is InChI=1S/C18H22ClN5O/c1-3-23-6-8-24(9-7-23)17-5-4-14(19)10-15(17)22-18(25)16-12-20-13(2)11-21-16/h4-5,10-12H,3,6-9H2,1-2H3,(H,22,25)/p+1. The number of benzene rings is 1. The smallest absolute Gasteiger partial charge is 0.275 e. The molecule has 0 bridgehead atoms. The molecule has 2 aromatic rings. The van der Waals surface area contributed by atoms with Gasteiger partial charge in [-0.2, -0.15) is 0 Å². The maximum Gasteiger partial charge on any atom is 0.275 e. The number of anilines is 2. The van der Waals surface area contributed by atoms with Crippen molar-refractivity contribution in [2.75, 3.05) is 42.9 Å². The van der Waals surface area contributed by atoms with E-state index in [1.165, 1.54) is 6.20 Å². The van der Waals surface area contributed by atoms with E-state index in [0.717, 1.165) is 44.1 Å². The summed E-state index contributed by atoms with van der Waals surface area (Å²) in [5.74, 6) is -0.283. The average molecular weight is 361 g/mol. The molecule has 7 heteroatoms. The number of halogens is 1. The van der Waals surface area contributed by atoms with Gasteiger partial charge in [0.1, 0.15) is 5.69 Å². The summed E-state index contributed by atoms with van der Waals surface area (Å²) in [7, 11) is 0. The highest BCUT2D eigenvalue weighted by Crippen LogP contribution is 2.29. The van der Waals surface area contributed by atoms with Crippen LogP contribution in [0.1, 0.15) is 23.1 Å². The first-order valence-corrected chi connectivity index (χ1v) is 8.92. The lowest BCUT2D eigenvalue weighted by Crippen LogP contribution is -3.14. The number of hydrogen-bond acceptors (Lipinski definition) is 4. The first kappa shape index (κ1) is 17.6. The van der Waals surface area contributed by atoms with Gasteiger partial charge in [0.05, 0.1) is 56.0 Å². The summed E-state index contributed by atoms with van der Waals surface area (Å²) < 4.78 is 0. The Hall–Kier alpha value is -2.18. The molecule has 0 radical (unpaired) electrons. The predicted octanol–water partition coefficient (Wildman–Crippen LogP) is 1.42. The Labute approximate surface area is 152 Å². The van der Waals surface area contributed by atoms with E-state index in [2.05, 4.69) is 27.1 Å². The van der Waals surface area contributed by atoms with Crippen molar-refractivity contribution in [2.24, 2.45) is 0 Å². The largest absolute Gasteiger partial charge is 0.359 e. The van der Waals surface area contributed by atoms with E-state index >= 15 is 0 Å². The maximum absolute atomic E-state index is 12.5. The zero-order valence-corrected chi connectivity index (χ0v) is 15.3. The van der Waals surface area contributed by atoms with Gasteiger partial charge in [-0.15, -0.1) is 0 Å². The van der Waals surface area contributed by atoms with Crippen LogP contribution in [-0.4, -0.2) is 48.6 Å². The number of likely N-dealkylation sites (N-methyl/N-ethyl adjacent to an activating group) is 1. The Bertz CT molecular complexity index is 742. The van der Waals surface area contributed by atoms with Gasteiger partial charge in [0.25, 0.3) is 5.91 Å². The zero-order valence-electron chi connectivity index (χ0n) is 14.6. The summed E-state index contributed by atoms with van der Waals surface area (Å²) in [6.07, 6.45) is 3.07. The Morgan fingerprint density at radius 1 is 1.28 bits per heavy atom. The number of quaternary nitrogens is 1. The second-order valence-corrected chi connectivity index (χ2v) is 6.69. The summed E-state index contributed by atoms with van der Waals surface area (Å²) >= 11 is 6.15. The number of hydrogen-bond donors (Lipinski definition) is 2. The highest BCUT2D eigenvalue weighted by Gasteiger charge is 2.22. The fourth-order valence-electron chi connectivity index (χ4n) is 3.00. The van der Waals surface area contributed by atoms with Crippen LogP contribution < -0.4 is 15.1 Å². The Morgan fingerprint density at radius 3 is 2.68 bits per heavy atom. The second-order valence-electron chi connectivity index (χ2n) is 6.25. The number of amides is 1. The molecule has 0 saturated carbocycles. The molecule has 1 aliphatic rings. The van der Waals surface area contributed by atoms with E-state index in [1.54, 1.807) is 17.2 Å². The molecule has 1 aromatic heterocycles. The van der Waals surface area contributed by atoms with E-state index in [9.17, 15) is 4.79 Å². The summed E-state index contributed by atoms with van der Waals surface area (Å²) in [6, 6.07) is 5.61. The molecule has 0 aliphatic carbocycles. The van der Waals surface area contributed by atoms with Crippen LogP contribution in [0.3, 0.4) is 0 Å². The van der Waals surface area contributed by atoms with Gasteiger partial charge in [0, 0.05) is 11.2 Å². The molecule has 132 valence electrons. The number of carbonyl (C=O) groups excluding carboxylic acids is 1. The van der Waals surface area contributed by atoms with Crippen LogP contribution >= 0.6 is 11.6 Å². The molecular weight excluding hydrogens is 338 g/mol. The van der Waals surface area contributed by atoms with Gasteiger partial charge < -0.3 is 15.1 Å². The molecule has 1 fully saturated rings. The van der Waals surface area contributed by atoms with Crippen LogP contribution in [0.4, 0.5) is 11.4 Å². The highest BCUT2D eigenvalue weighted by molar-refractivity contribution is 6.31. The highest BCUT2D eigenvalue weighted by atomic mass is 35.5. The van der Waals surface area contributed by atoms with Gasteiger partial charge >= 0.3 is 0 Å². The van der Waals surface area contributed by atoms with Crippen molar-refractivity contribution in [3.63, 3.8) is 0 Å². The van der Waals surface area contributed by atoms with Gasteiger partial charge in [0.2, 0.25) is 0 Å². The number of rotatable bonds is 4. The Kier molecular flexibility index (Phi) is 5.50. The molecular formula is C18H23ClN5O+. The summed E-state index contributed by atoms with van der Waals surface area (Å²) in [5, 5.41) is 3.52. The fourth-order valence-corrected chi connectivity index (χ4v) is 3.17. The molecule has 2 heterocycles. The average Bonchev–Trinajstić information content (AvgIpc) is 2.62. The van der Waals surface area contributed by atoms with Crippen LogP contribution in [0.2, 0.25) is 5.02 Å². The van der Waals surface area contributed by atoms with Gasteiger partial charge in [-0.25, -0.2) is 4.98 Å². The van der Waals surface area contributed by atoms with Crippen molar-refractivity contribution >= 4 is 28.9 Å². The zero-order chi connectivity index (χ0) is 17.8. The SMILES string of the molecule is CC[NH+]1CCN(c2ccc(Cl)cc2NC(=O)c2cnc(C)cn2)CC1. The number of nitrogens with one attached hydrogen (secondary N) is 2. The molecule has 0 atom stereocenters. The van der Waals surface area contributed by atoms with Crippen molar-refractivity contribution in [1.29, 1.82) is 0 Å². The van der Waals surface area contributed by atoms with E-state index in [4.69, 9.17) is 11.6 Å². The topological polar surface area (TPSA) is 62.6 Å². The summed E-state index contributed by atoms with van der Waals surface area (Å²) in [4.78, 5) is 24.7. The number of nitrogens with zero attached hydrogens (tertiary/aromatic N) is 3. The van der Waals surface area contributed by atoms with E-state index < -0.39 is 0 Å². The molecule has 1 aromatic carbocycles. The van der Waals surface area contributed by atoms with E-state index in [0.29, 0.717) is 10.7 Å². The number of piperazine rings is 1. The van der Waals surface area contributed by atoms with Crippen molar-refractivity contribution in [2.45, 2.75) is 13.8 Å². The molecule has 3 rings (SSSR count). The minimum absolute atomic E-state index is 0.283. The maximum atomic E-state index is 12.5. The Morgan fingerprint density at radius 2 is 2.04 bits per heavy atom. The lowest BCUT2D eigenvalue weighted by Gasteiger charge is -2.34. The van der Waals surface area contributed by atoms with Crippen LogP contribution in [-0.2, 0) is 0 Å². The molecule has 25 heavy (non-hydrogen) atoms. The van der Waals surface area contributed by atoms with Crippen molar-refractivity contribution in [1.82, 2.24) is 9.97 Å². The van der Waals surface area contributed by atoms with Crippen molar-refractivity contribution in [3.8, 4) is 0 Å². The van der Waals surface area contributed by atoms with E-state index in [1.807, 2.05) is 19.1 Å². The van der Waals surface area contributed by atoms with Crippen LogP contribution in [0.5, 0.6) is 0 Å². The lowest BCUT2D eigenvalue weighted by atomic mass is 10.2. The molecule has 0 unspecified atom stereocenters. The summed E-state index contributed by atoms with van der Waals surface area (Å²) in [5.41, 5.74) is 2.76. The first-order valence-electron chi connectivity index (χ1n) is 8.55. The summed E-state index contributed by atoms with van der Waals surface area (Å²) in [6.45, 7) is 9.29. The minimum atomic E-state index is -0.283. The van der Waals surface area contributed by atoms with Crippen LogP contribution in [0.15, 0.2) is 30.6 Å². The predicted molar refractivity (Wildman–Crippen MR) is 99.6 cm³/mol. The fraction of sp³-hybridized carbons (Fsp3) is 0.389. The van der Waals surface area contributed by atoms with Gasteiger partial charge in [0.15, 0.2) is 0 Å². The van der Waals surface area contributed by atoms with Gasteiger partial charge in [-0.05, 0) is 32.0 Å². The third kappa shape index (κ3) is 4.27. The third-order valence-electron chi connectivity index (χ3n) is 4.53. The van der Waals surface area contributed by atoms with Crippen molar-refractivity contribution in [3.05, 3.63) is 47.0 Å². The molecule has 1 amide bonds. The molecule has 2 N–H and O–H groups in total. The van der Waals surface area contributed by atoms with Gasteiger partial charge in [-0.3, -0.25) is 9.78 Å². The minimum Gasteiger partial charge on any atom is -0.359 e.